The van der Waals surface area contributed by atoms with Gasteiger partial charge in [-0.25, -0.2) is 0 Å². The zero-order chi connectivity index (χ0) is 9.03. The molecule has 0 radical (unpaired) electrons. The van der Waals surface area contributed by atoms with E-state index in [1.54, 1.807) is 0 Å². The summed E-state index contributed by atoms with van der Waals surface area (Å²) >= 11 is 0. The molecule has 0 amide bonds. The fourth-order valence-corrected chi connectivity index (χ4v) is 1.38. The lowest BCUT2D eigenvalue weighted by Gasteiger charge is -2.37. The summed E-state index contributed by atoms with van der Waals surface area (Å²) < 4.78 is 11.2. The third kappa shape index (κ3) is 2.08. The molecule has 1 unspecified atom stereocenters. The molecule has 0 N–H and O–H groups in total. The summed E-state index contributed by atoms with van der Waals surface area (Å²) in [6, 6.07) is 0. The minimum atomic E-state index is -0.398. The van der Waals surface area contributed by atoms with E-state index in [1.807, 2.05) is 19.9 Å². The molecule has 0 saturated carbocycles. The molecule has 0 spiro atoms. The summed E-state index contributed by atoms with van der Waals surface area (Å²) in [4.78, 5) is 0. The molecule has 0 aromatic carbocycles. The van der Waals surface area contributed by atoms with Crippen LogP contribution < -0.4 is 0 Å². The molecule has 1 aliphatic heterocycles. The van der Waals surface area contributed by atoms with Crippen molar-refractivity contribution in [1.82, 2.24) is 0 Å². The third-order valence-electron chi connectivity index (χ3n) is 2.37. The van der Waals surface area contributed by atoms with Crippen molar-refractivity contribution in [3.8, 4) is 0 Å². The lowest BCUT2D eigenvalue weighted by molar-refractivity contribution is -0.272. The summed E-state index contributed by atoms with van der Waals surface area (Å²) in [7, 11) is 0. The first-order valence-corrected chi connectivity index (χ1v) is 4.60. The summed E-state index contributed by atoms with van der Waals surface area (Å²) in [6.07, 6.45) is 5.17. The predicted octanol–water partition coefficient (Wildman–Crippen LogP) is 2.35. The monoisotopic (exact) mass is 170 g/mol. The van der Waals surface area contributed by atoms with Gasteiger partial charge in [0.05, 0.1) is 13.2 Å². The SMILES string of the molecule is C/C=C\C(C)C1(C)OCCCO1. The third-order valence-corrected chi connectivity index (χ3v) is 2.37. The molecule has 1 rings (SSSR count). The van der Waals surface area contributed by atoms with Crippen molar-refractivity contribution < 1.29 is 9.47 Å². The van der Waals surface area contributed by atoms with Crippen LogP contribution in [0.5, 0.6) is 0 Å². The average molecular weight is 170 g/mol. The second-order valence-corrected chi connectivity index (χ2v) is 3.38. The van der Waals surface area contributed by atoms with E-state index in [2.05, 4.69) is 13.0 Å². The Labute approximate surface area is 74.6 Å². The fraction of sp³-hybridized carbons (Fsp3) is 0.800. The maximum atomic E-state index is 5.61. The van der Waals surface area contributed by atoms with Gasteiger partial charge in [-0.1, -0.05) is 19.1 Å². The van der Waals surface area contributed by atoms with E-state index in [-0.39, 0.29) is 0 Å². The highest BCUT2D eigenvalue weighted by Crippen LogP contribution is 2.27. The van der Waals surface area contributed by atoms with Crippen molar-refractivity contribution in [3.05, 3.63) is 12.2 Å². The molecule has 0 aromatic heterocycles. The van der Waals surface area contributed by atoms with Crippen LogP contribution in [0.1, 0.15) is 27.2 Å². The zero-order valence-corrected chi connectivity index (χ0v) is 8.17. The molecule has 1 aliphatic rings. The summed E-state index contributed by atoms with van der Waals surface area (Å²) in [5, 5.41) is 0. The maximum Gasteiger partial charge on any atom is 0.171 e. The second kappa shape index (κ2) is 4.06. The molecular formula is C10H18O2. The maximum absolute atomic E-state index is 5.61. The first-order chi connectivity index (χ1) is 5.69. The molecule has 1 saturated heterocycles. The topological polar surface area (TPSA) is 18.5 Å². The number of ether oxygens (including phenoxy) is 2. The van der Waals surface area contributed by atoms with Crippen LogP contribution in [0.25, 0.3) is 0 Å². The minimum absolute atomic E-state index is 0.322. The smallest absolute Gasteiger partial charge is 0.171 e. The molecular weight excluding hydrogens is 152 g/mol. The number of allylic oxidation sites excluding steroid dienone is 1. The minimum Gasteiger partial charge on any atom is -0.350 e. The first kappa shape index (κ1) is 9.75. The Kier molecular flexibility index (Phi) is 3.29. The Hall–Kier alpha value is -0.340. The molecule has 0 bridgehead atoms. The highest BCUT2D eigenvalue weighted by molar-refractivity contribution is 4.91. The van der Waals surface area contributed by atoms with Crippen LogP contribution in [-0.4, -0.2) is 19.0 Å². The van der Waals surface area contributed by atoms with Crippen LogP contribution in [0.4, 0.5) is 0 Å². The summed E-state index contributed by atoms with van der Waals surface area (Å²) in [5.74, 6) is -0.0760. The molecule has 1 fully saturated rings. The summed E-state index contributed by atoms with van der Waals surface area (Å²) in [5.41, 5.74) is 0. The molecule has 2 heteroatoms. The van der Waals surface area contributed by atoms with Crippen LogP contribution in [0.15, 0.2) is 12.2 Å². The summed E-state index contributed by atoms with van der Waals surface area (Å²) in [6.45, 7) is 7.78. The van der Waals surface area contributed by atoms with E-state index in [4.69, 9.17) is 9.47 Å². The zero-order valence-electron chi connectivity index (χ0n) is 8.17. The molecule has 1 heterocycles. The van der Waals surface area contributed by atoms with Crippen molar-refractivity contribution in [3.63, 3.8) is 0 Å². The highest BCUT2D eigenvalue weighted by atomic mass is 16.7. The number of hydrogen-bond acceptors (Lipinski definition) is 2. The molecule has 1 atom stereocenters. The van der Waals surface area contributed by atoms with Gasteiger partial charge in [-0.15, -0.1) is 0 Å². The van der Waals surface area contributed by atoms with E-state index < -0.39 is 5.79 Å². The largest absolute Gasteiger partial charge is 0.350 e. The van der Waals surface area contributed by atoms with Crippen molar-refractivity contribution >= 4 is 0 Å². The first-order valence-electron chi connectivity index (χ1n) is 4.60. The van der Waals surface area contributed by atoms with Gasteiger partial charge in [0.2, 0.25) is 0 Å². The van der Waals surface area contributed by atoms with Gasteiger partial charge in [0.25, 0.3) is 0 Å². The van der Waals surface area contributed by atoms with Gasteiger partial charge in [0.15, 0.2) is 5.79 Å². The van der Waals surface area contributed by atoms with E-state index in [0.717, 1.165) is 19.6 Å². The van der Waals surface area contributed by atoms with Gasteiger partial charge < -0.3 is 9.47 Å². The molecule has 70 valence electrons. The lowest BCUT2D eigenvalue weighted by Crippen LogP contribution is -2.42. The van der Waals surface area contributed by atoms with Crippen molar-refractivity contribution in [2.45, 2.75) is 33.0 Å². The average Bonchev–Trinajstić information content (AvgIpc) is 2.06. The Morgan fingerprint density at radius 1 is 1.33 bits per heavy atom. The van der Waals surface area contributed by atoms with Gasteiger partial charge in [0, 0.05) is 5.92 Å². The van der Waals surface area contributed by atoms with E-state index in [1.165, 1.54) is 0 Å². The van der Waals surface area contributed by atoms with Gasteiger partial charge in [-0.3, -0.25) is 0 Å². The standard InChI is InChI=1S/C10H18O2/c1-4-6-9(2)10(3)11-7-5-8-12-10/h4,6,9H,5,7-8H2,1-3H3/b6-4-. The molecule has 12 heavy (non-hydrogen) atoms. The van der Waals surface area contributed by atoms with Crippen LogP contribution in [0.3, 0.4) is 0 Å². The van der Waals surface area contributed by atoms with Gasteiger partial charge >= 0.3 is 0 Å². The van der Waals surface area contributed by atoms with Crippen molar-refractivity contribution in [2.24, 2.45) is 5.92 Å². The van der Waals surface area contributed by atoms with Crippen LogP contribution in [0.2, 0.25) is 0 Å². The molecule has 0 aliphatic carbocycles. The van der Waals surface area contributed by atoms with Gasteiger partial charge in [-0.05, 0) is 20.3 Å². The normalized spacial score (nSPS) is 25.9. The Balaban J connectivity index is 2.55. The molecule has 0 aromatic rings. The Morgan fingerprint density at radius 3 is 2.42 bits per heavy atom. The Morgan fingerprint density at radius 2 is 1.92 bits per heavy atom. The lowest BCUT2D eigenvalue weighted by atomic mass is 10.0. The second-order valence-electron chi connectivity index (χ2n) is 3.38. The van der Waals surface area contributed by atoms with Crippen LogP contribution >= 0.6 is 0 Å². The fourth-order valence-electron chi connectivity index (χ4n) is 1.38. The number of hydrogen-bond donors (Lipinski definition) is 0. The van der Waals surface area contributed by atoms with Gasteiger partial charge in [-0.2, -0.15) is 0 Å². The van der Waals surface area contributed by atoms with Crippen LogP contribution in [-0.2, 0) is 9.47 Å². The van der Waals surface area contributed by atoms with Crippen molar-refractivity contribution in [1.29, 1.82) is 0 Å². The van der Waals surface area contributed by atoms with Crippen molar-refractivity contribution in [2.75, 3.05) is 13.2 Å². The van der Waals surface area contributed by atoms with E-state index in [9.17, 15) is 0 Å². The quantitative estimate of drug-likeness (QED) is 0.592. The van der Waals surface area contributed by atoms with Crippen LogP contribution in [0, 0.1) is 5.92 Å². The predicted molar refractivity (Wildman–Crippen MR) is 48.9 cm³/mol. The van der Waals surface area contributed by atoms with Gasteiger partial charge in [0.1, 0.15) is 0 Å². The Bertz CT molecular complexity index is 157. The van der Waals surface area contributed by atoms with E-state index in [0.29, 0.717) is 5.92 Å². The number of rotatable bonds is 2. The highest BCUT2D eigenvalue weighted by Gasteiger charge is 2.33. The molecule has 2 nitrogen and oxygen atoms in total. The van der Waals surface area contributed by atoms with E-state index >= 15 is 0 Å².